The van der Waals surface area contributed by atoms with Crippen LogP contribution < -0.4 is 10.6 Å². The molecule has 0 bridgehead atoms. The fourth-order valence-electron chi connectivity index (χ4n) is 3.20. The second kappa shape index (κ2) is 10.4. The van der Waals surface area contributed by atoms with Crippen LogP contribution in [-0.2, 0) is 19.2 Å². The Hall–Kier alpha value is -2.90. The van der Waals surface area contributed by atoms with E-state index >= 15 is 0 Å². The predicted octanol–water partition coefficient (Wildman–Crippen LogP) is 1.77. The molecule has 1 saturated heterocycles. The van der Waals surface area contributed by atoms with Crippen LogP contribution >= 0.6 is 0 Å². The first kappa shape index (κ1) is 21.4. The maximum Gasteiger partial charge on any atom is 0.326 e. The molecule has 3 amide bonds. The van der Waals surface area contributed by atoms with Gasteiger partial charge in [-0.05, 0) is 31.4 Å². The smallest absolute Gasteiger partial charge is 0.326 e. The van der Waals surface area contributed by atoms with Crippen molar-refractivity contribution in [2.45, 2.75) is 57.5 Å². The van der Waals surface area contributed by atoms with E-state index < -0.39 is 35.8 Å². The van der Waals surface area contributed by atoms with E-state index in [-0.39, 0.29) is 13.0 Å². The third kappa shape index (κ3) is 5.80. The Morgan fingerprint density at radius 2 is 1.89 bits per heavy atom. The van der Waals surface area contributed by atoms with Crippen molar-refractivity contribution in [2.24, 2.45) is 0 Å². The van der Waals surface area contributed by atoms with Gasteiger partial charge in [-0.25, -0.2) is 4.79 Å². The number of likely N-dealkylation sites (tertiary alicyclic amines) is 1. The van der Waals surface area contributed by atoms with Crippen LogP contribution in [0.15, 0.2) is 30.3 Å². The molecule has 8 heteroatoms. The minimum absolute atomic E-state index is 0.207. The molecule has 1 aromatic rings. The van der Waals surface area contributed by atoms with Gasteiger partial charge in [0.25, 0.3) is 11.8 Å². The van der Waals surface area contributed by atoms with Gasteiger partial charge in [0, 0.05) is 18.7 Å². The first-order valence-corrected chi connectivity index (χ1v) is 9.62. The summed E-state index contributed by atoms with van der Waals surface area (Å²) in [5.41, 5.74) is 0.488. The van der Waals surface area contributed by atoms with Crippen LogP contribution in [0.3, 0.4) is 0 Å². The number of anilines is 1. The van der Waals surface area contributed by atoms with E-state index in [1.165, 1.54) is 4.90 Å². The zero-order valence-electron chi connectivity index (χ0n) is 16.0. The van der Waals surface area contributed by atoms with Crippen LogP contribution in [0.1, 0.15) is 45.4 Å². The lowest BCUT2D eigenvalue weighted by Gasteiger charge is -2.26. The summed E-state index contributed by atoms with van der Waals surface area (Å²) in [7, 11) is 0. The maximum atomic E-state index is 12.9. The number of aliphatic carboxylic acids is 1. The summed E-state index contributed by atoms with van der Waals surface area (Å²) in [6.07, 6.45) is 3.55. The molecular formula is C20H27N3O5. The second-order valence-electron chi connectivity index (χ2n) is 6.84. The summed E-state index contributed by atoms with van der Waals surface area (Å²) in [6, 6.07) is 6.14. The number of carbonyl (C=O) groups excluding carboxylic acids is 3. The van der Waals surface area contributed by atoms with Crippen molar-refractivity contribution in [3.8, 4) is 0 Å². The minimum atomic E-state index is -1.46. The molecule has 8 nitrogen and oxygen atoms in total. The molecule has 1 aliphatic heterocycles. The number of carboxylic acids is 1. The van der Waals surface area contributed by atoms with E-state index in [1.54, 1.807) is 30.3 Å². The number of rotatable bonds is 9. The summed E-state index contributed by atoms with van der Waals surface area (Å²) < 4.78 is 0. The maximum absolute atomic E-state index is 12.9. The summed E-state index contributed by atoms with van der Waals surface area (Å²) in [4.78, 5) is 50.5. The van der Waals surface area contributed by atoms with E-state index in [1.807, 2.05) is 6.92 Å². The highest BCUT2D eigenvalue weighted by atomic mass is 16.4. The second-order valence-corrected chi connectivity index (χ2v) is 6.84. The molecule has 1 aromatic carbocycles. The Morgan fingerprint density at radius 1 is 1.18 bits per heavy atom. The van der Waals surface area contributed by atoms with Gasteiger partial charge >= 0.3 is 5.97 Å². The van der Waals surface area contributed by atoms with E-state index in [0.717, 1.165) is 12.8 Å². The van der Waals surface area contributed by atoms with Gasteiger partial charge in [0.15, 0.2) is 6.04 Å². The van der Waals surface area contributed by atoms with Crippen LogP contribution in [0.5, 0.6) is 0 Å². The van der Waals surface area contributed by atoms with Crippen molar-refractivity contribution in [1.82, 2.24) is 10.2 Å². The molecule has 1 aliphatic rings. The lowest BCUT2D eigenvalue weighted by atomic mass is 10.1. The van der Waals surface area contributed by atoms with E-state index in [2.05, 4.69) is 10.6 Å². The number of hydrogen-bond acceptors (Lipinski definition) is 4. The Bertz CT molecular complexity index is 707. The van der Waals surface area contributed by atoms with Crippen molar-refractivity contribution in [3.63, 3.8) is 0 Å². The fourth-order valence-corrected chi connectivity index (χ4v) is 3.20. The largest absolute Gasteiger partial charge is 0.480 e. The van der Waals surface area contributed by atoms with Crippen molar-refractivity contribution in [3.05, 3.63) is 30.3 Å². The van der Waals surface area contributed by atoms with Crippen LogP contribution in [0, 0.1) is 0 Å². The van der Waals surface area contributed by atoms with Gasteiger partial charge in [0.05, 0.1) is 0 Å². The third-order valence-corrected chi connectivity index (χ3v) is 4.68. The van der Waals surface area contributed by atoms with Gasteiger partial charge < -0.3 is 20.6 Å². The topological polar surface area (TPSA) is 116 Å². The van der Waals surface area contributed by atoms with Crippen molar-refractivity contribution in [2.75, 3.05) is 11.9 Å². The van der Waals surface area contributed by atoms with E-state index in [4.69, 9.17) is 0 Å². The van der Waals surface area contributed by atoms with Crippen LogP contribution in [0.2, 0.25) is 0 Å². The van der Waals surface area contributed by atoms with Gasteiger partial charge in [-0.1, -0.05) is 38.0 Å². The lowest BCUT2D eigenvalue weighted by Crippen LogP contribution is -2.56. The van der Waals surface area contributed by atoms with Crippen LogP contribution in [-0.4, -0.2) is 52.3 Å². The average molecular weight is 389 g/mol. The molecule has 2 atom stereocenters. The predicted molar refractivity (Wildman–Crippen MR) is 104 cm³/mol. The zero-order valence-corrected chi connectivity index (χ0v) is 16.0. The number of nitrogens with zero attached hydrogens (tertiary/aromatic N) is 1. The summed E-state index contributed by atoms with van der Waals surface area (Å²) in [5.74, 6) is -2.89. The first-order chi connectivity index (χ1) is 13.4. The lowest BCUT2D eigenvalue weighted by molar-refractivity contribution is -0.150. The van der Waals surface area contributed by atoms with Crippen molar-refractivity contribution >= 4 is 29.4 Å². The van der Waals surface area contributed by atoms with Gasteiger partial charge in [0.2, 0.25) is 5.91 Å². The SMILES string of the molecule is CCCCCC(=O)N[C@@H](C(=O)Nc1ccccc1)C(=O)N1CCC[C@H]1C(=O)O. The highest BCUT2D eigenvalue weighted by Gasteiger charge is 2.40. The van der Waals surface area contributed by atoms with E-state index in [0.29, 0.717) is 24.9 Å². The molecule has 2 rings (SSSR count). The number of carbonyl (C=O) groups is 4. The Kier molecular flexibility index (Phi) is 7.98. The average Bonchev–Trinajstić information content (AvgIpc) is 3.17. The Balaban J connectivity index is 2.14. The number of para-hydroxylation sites is 1. The molecule has 0 saturated carbocycles. The molecule has 1 heterocycles. The summed E-state index contributed by atoms with van der Waals surface area (Å²) in [6.45, 7) is 2.26. The number of unbranched alkanes of at least 4 members (excludes halogenated alkanes) is 2. The quantitative estimate of drug-likeness (QED) is 0.440. The molecule has 1 fully saturated rings. The third-order valence-electron chi connectivity index (χ3n) is 4.68. The normalized spacial score (nSPS) is 17.0. The monoisotopic (exact) mass is 389 g/mol. The van der Waals surface area contributed by atoms with Gasteiger partial charge in [-0.3, -0.25) is 14.4 Å². The van der Waals surface area contributed by atoms with Gasteiger partial charge in [-0.15, -0.1) is 0 Å². The van der Waals surface area contributed by atoms with Gasteiger partial charge in [-0.2, -0.15) is 0 Å². The number of benzene rings is 1. The molecule has 0 unspecified atom stereocenters. The Morgan fingerprint density at radius 3 is 2.54 bits per heavy atom. The highest BCUT2D eigenvalue weighted by molar-refractivity contribution is 6.12. The molecule has 0 radical (unpaired) electrons. The van der Waals surface area contributed by atoms with Gasteiger partial charge in [0.1, 0.15) is 6.04 Å². The zero-order chi connectivity index (χ0) is 20.5. The number of hydrogen-bond donors (Lipinski definition) is 3. The Labute approximate surface area is 164 Å². The molecular weight excluding hydrogens is 362 g/mol. The molecule has 0 aromatic heterocycles. The fraction of sp³-hybridized carbons (Fsp3) is 0.500. The van der Waals surface area contributed by atoms with Crippen molar-refractivity contribution < 1.29 is 24.3 Å². The standard InChI is InChI=1S/C20H27N3O5/c1-2-3-5-12-16(24)22-17(18(25)21-14-9-6-4-7-10-14)19(26)23-13-8-11-15(23)20(27)28/h4,6-7,9-10,15,17H,2-3,5,8,11-13H2,1H3,(H,21,25)(H,22,24)(H,27,28)/t15-,17-/m0/s1. The summed E-state index contributed by atoms with van der Waals surface area (Å²) >= 11 is 0. The van der Waals surface area contributed by atoms with E-state index in [9.17, 15) is 24.3 Å². The minimum Gasteiger partial charge on any atom is -0.480 e. The van der Waals surface area contributed by atoms with Crippen molar-refractivity contribution in [1.29, 1.82) is 0 Å². The molecule has 3 N–H and O–H groups in total. The first-order valence-electron chi connectivity index (χ1n) is 9.62. The highest BCUT2D eigenvalue weighted by Crippen LogP contribution is 2.19. The number of carboxylic acid groups (broad SMARTS) is 1. The van der Waals surface area contributed by atoms with Crippen LogP contribution in [0.4, 0.5) is 5.69 Å². The molecule has 152 valence electrons. The van der Waals surface area contributed by atoms with Crippen LogP contribution in [0.25, 0.3) is 0 Å². The molecule has 28 heavy (non-hydrogen) atoms. The summed E-state index contributed by atoms with van der Waals surface area (Å²) in [5, 5.41) is 14.4. The number of amides is 3. The number of nitrogens with one attached hydrogen (secondary N) is 2. The molecule has 0 spiro atoms. The molecule has 0 aliphatic carbocycles.